The van der Waals surface area contributed by atoms with Crippen molar-refractivity contribution < 1.29 is 24.9 Å². The van der Waals surface area contributed by atoms with Crippen LogP contribution in [0.3, 0.4) is 0 Å². The van der Waals surface area contributed by atoms with E-state index in [2.05, 4.69) is 0 Å². The van der Waals surface area contributed by atoms with Crippen LogP contribution in [-0.4, -0.2) is 72.3 Å². The number of carbonyl (C=O) groups is 1. The molecule has 0 amide bonds. The molecular formula is C11H23NO5. The maximum absolute atomic E-state index is 10.7. The van der Waals surface area contributed by atoms with Gasteiger partial charge in [-0.2, -0.15) is 0 Å². The largest absolute Gasteiger partial charge is 0.481 e. The minimum Gasteiger partial charge on any atom is -0.481 e. The predicted molar refractivity (Wildman–Crippen MR) is 62.8 cm³/mol. The van der Waals surface area contributed by atoms with Gasteiger partial charge in [-0.1, -0.05) is 6.92 Å². The van der Waals surface area contributed by atoms with Gasteiger partial charge in [-0.05, 0) is 6.42 Å². The summed E-state index contributed by atoms with van der Waals surface area (Å²) in [6.45, 7) is 4.19. The fourth-order valence-electron chi connectivity index (χ4n) is 1.41. The second-order valence-electron chi connectivity index (χ2n) is 3.95. The Morgan fingerprint density at radius 3 is 2.47 bits per heavy atom. The summed E-state index contributed by atoms with van der Waals surface area (Å²) >= 11 is 0. The first-order valence-corrected chi connectivity index (χ1v) is 5.86. The van der Waals surface area contributed by atoms with Crippen molar-refractivity contribution in [2.75, 3.05) is 46.1 Å². The normalized spacial score (nSPS) is 12.9. The summed E-state index contributed by atoms with van der Waals surface area (Å²) in [5.74, 6) is -1.26. The first-order valence-electron chi connectivity index (χ1n) is 5.86. The molecule has 0 aliphatic heterocycles. The van der Waals surface area contributed by atoms with Gasteiger partial charge in [0.1, 0.15) is 0 Å². The van der Waals surface area contributed by atoms with Gasteiger partial charge in [-0.3, -0.25) is 4.79 Å². The topological polar surface area (TPSA) is 90.2 Å². The molecule has 0 fully saturated rings. The van der Waals surface area contributed by atoms with Crippen LogP contribution in [0.5, 0.6) is 0 Å². The van der Waals surface area contributed by atoms with Gasteiger partial charge in [0.25, 0.3) is 0 Å². The molecular weight excluding hydrogens is 226 g/mol. The summed E-state index contributed by atoms with van der Waals surface area (Å²) in [6.07, 6.45) is 0.617. The zero-order valence-corrected chi connectivity index (χ0v) is 10.3. The van der Waals surface area contributed by atoms with Crippen LogP contribution in [0.25, 0.3) is 0 Å². The van der Waals surface area contributed by atoms with Crippen LogP contribution in [0.15, 0.2) is 0 Å². The molecule has 0 rings (SSSR count). The highest BCUT2D eigenvalue weighted by molar-refractivity contribution is 5.69. The smallest absolute Gasteiger partial charge is 0.307 e. The van der Waals surface area contributed by atoms with Gasteiger partial charge in [-0.25, -0.2) is 0 Å². The summed E-state index contributed by atoms with van der Waals surface area (Å²) in [6, 6.07) is 0. The molecule has 1 unspecified atom stereocenters. The molecule has 0 aromatic carbocycles. The van der Waals surface area contributed by atoms with Gasteiger partial charge < -0.3 is 25.0 Å². The zero-order chi connectivity index (χ0) is 13.1. The second kappa shape index (κ2) is 10.5. The second-order valence-corrected chi connectivity index (χ2v) is 3.95. The molecule has 0 aromatic heterocycles. The van der Waals surface area contributed by atoms with Crippen molar-refractivity contribution in [2.24, 2.45) is 5.92 Å². The lowest BCUT2D eigenvalue weighted by Crippen LogP contribution is -2.35. The van der Waals surface area contributed by atoms with Crippen molar-refractivity contribution in [1.29, 1.82) is 0 Å². The number of hydrogen-bond acceptors (Lipinski definition) is 5. The molecule has 6 heteroatoms. The predicted octanol–water partition coefficient (Wildman–Crippen LogP) is -0.600. The Kier molecular flexibility index (Phi) is 10.0. The van der Waals surface area contributed by atoms with Gasteiger partial charge in [0.2, 0.25) is 0 Å². The molecule has 0 saturated heterocycles. The van der Waals surface area contributed by atoms with Crippen molar-refractivity contribution in [2.45, 2.75) is 13.3 Å². The highest BCUT2D eigenvalue weighted by atomic mass is 16.5. The van der Waals surface area contributed by atoms with Crippen LogP contribution in [-0.2, 0) is 9.53 Å². The summed E-state index contributed by atoms with van der Waals surface area (Å²) in [5, 5.41) is 26.1. The number of carboxylic acids is 1. The summed E-state index contributed by atoms with van der Waals surface area (Å²) in [7, 11) is 0. The van der Waals surface area contributed by atoms with Crippen molar-refractivity contribution in [3.05, 3.63) is 0 Å². The van der Waals surface area contributed by atoms with Gasteiger partial charge in [0.05, 0.1) is 25.7 Å². The molecule has 6 nitrogen and oxygen atoms in total. The van der Waals surface area contributed by atoms with Crippen molar-refractivity contribution in [1.82, 2.24) is 4.90 Å². The molecule has 1 atom stereocenters. The van der Waals surface area contributed by atoms with E-state index in [0.717, 1.165) is 0 Å². The molecule has 0 heterocycles. The quantitative estimate of drug-likeness (QED) is 0.424. The Morgan fingerprint density at radius 2 is 1.94 bits per heavy atom. The number of hydrogen-bond donors (Lipinski definition) is 3. The number of carboxylic acid groups (broad SMARTS) is 1. The third-order valence-corrected chi connectivity index (χ3v) is 2.37. The molecule has 0 spiro atoms. The fraction of sp³-hybridized carbons (Fsp3) is 0.909. The lowest BCUT2D eigenvalue weighted by atomic mass is 10.1. The molecule has 0 bridgehead atoms. The Morgan fingerprint density at radius 1 is 1.24 bits per heavy atom. The molecule has 0 saturated carbocycles. The Bertz CT molecular complexity index is 200. The summed E-state index contributed by atoms with van der Waals surface area (Å²) in [4.78, 5) is 12.7. The van der Waals surface area contributed by atoms with E-state index < -0.39 is 11.9 Å². The SMILES string of the molecule is CC(CN(CCCO)CCOCCO)C(=O)O. The van der Waals surface area contributed by atoms with Crippen LogP contribution >= 0.6 is 0 Å². The van der Waals surface area contributed by atoms with E-state index >= 15 is 0 Å². The van der Waals surface area contributed by atoms with E-state index in [1.165, 1.54) is 0 Å². The fourth-order valence-corrected chi connectivity index (χ4v) is 1.41. The molecule has 0 aliphatic rings. The molecule has 3 N–H and O–H groups in total. The van der Waals surface area contributed by atoms with Gasteiger partial charge >= 0.3 is 5.97 Å². The van der Waals surface area contributed by atoms with Crippen molar-refractivity contribution in [3.8, 4) is 0 Å². The summed E-state index contributed by atoms with van der Waals surface area (Å²) < 4.78 is 5.13. The Balaban J connectivity index is 3.90. The number of aliphatic hydroxyl groups is 2. The number of nitrogens with zero attached hydrogens (tertiary/aromatic N) is 1. The third-order valence-electron chi connectivity index (χ3n) is 2.37. The standard InChI is InChI=1S/C11H23NO5/c1-10(11(15)16)9-12(3-2-5-13)4-7-17-8-6-14/h10,13-14H,2-9H2,1H3,(H,15,16). The van der Waals surface area contributed by atoms with Gasteiger partial charge in [0.15, 0.2) is 0 Å². The minimum absolute atomic E-state index is 0.0117. The first kappa shape index (κ1) is 16.3. The van der Waals surface area contributed by atoms with E-state index in [-0.39, 0.29) is 13.2 Å². The highest BCUT2D eigenvalue weighted by Gasteiger charge is 2.15. The van der Waals surface area contributed by atoms with Gasteiger partial charge in [0, 0.05) is 26.2 Å². The van der Waals surface area contributed by atoms with E-state index in [9.17, 15) is 4.79 Å². The number of ether oxygens (including phenoxy) is 1. The van der Waals surface area contributed by atoms with Crippen LogP contribution < -0.4 is 0 Å². The monoisotopic (exact) mass is 249 g/mol. The van der Waals surface area contributed by atoms with E-state index in [4.69, 9.17) is 20.1 Å². The van der Waals surface area contributed by atoms with Crippen LogP contribution in [0.4, 0.5) is 0 Å². The van der Waals surface area contributed by atoms with E-state index in [1.54, 1.807) is 6.92 Å². The number of rotatable bonds is 11. The van der Waals surface area contributed by atoms with E-state index in [0.29, 0.717) is 39.3 Å². The molecule has 0 radical (unpaired) electrons. The third kappa shape index (κ3) is 9.05. The van der Waals surface area contributed by atoms with Crippen LogP contribution in [0.2, 0.25) is 0 Å². The van der Waals surface area contributed by atoms with Crippen LogP contribution in [0, 0.1) is 5.92 Å². The van der Waals surface area contributed by atoms with Crippen LogP contribution in [0.1, 0.15) is 13.3 Å². The first-order chi connectivity index (χ1) is 8.11. The molecule has 17 heavy (non-hydrogen) atoms. The van der Waals surface area contributed by atoms with Crippen molar-refractivity contribution >= 4 is 5.97 Å². The maximum Gasteiger partial charge on any atom is 0.307 e. The minimum atomic E-state index is -0.824. The average Bonchev–Trinajstić information content (AvgIpc) is 2.30. The van der Waals surface area contributed by atoms with E-state index in [1.807, 2.05) is 4.90 Å². The number of aliphatic hydroxyl groups excluding tert-OH is 2. The lowest BCUT2D eigenvalue weighted by molar-refractivity contribution is -0.141. The van der Waals surface area contributed by atoms with Gasteiger partial charge in [-0.15, -0.1) is 0 Å². The molecule has 0 aromatic rings. The Hall–Kier alpha value is -0.690. The van der Waals surface area contributed by atoms with Crippen molar-refractivity contribution in [3.63, 3.8) is 0 Å². The molecule has 102 valence electrons. The maximum atomic E-state index is 10.7. The Labute approximate surface area is 102 Å². The summed E-state index contributed by atoms with van der Waals surface area (Å²) in [5.41, 5.74) is 0. The highest BCUT2D eigenvalue weighted by Crippen LogP contribution is 2.01. The average molecular weight is 249 g/mol. The zero-order valence-electron chi connectivity index (χ0n) is 10.3. The molecule has 0 aliphatic carbocycles. The lowest BCUT2D eigenvalue weighted by Gasteiger charge is -2.23. The number of aliphatic carboxylic acids is 1.